The van der Waals surface area contributed by atoms with Gasteiger partial charge in [-0.25, -0.2) is 9.80 Å². The summed E-state index contributed by atoms with van der Waals surface area (Å²) in [6, 6.07) is -2.10. The van der Waals surface area contributed by atoms with Crippen LogP contribution in [0.5, 0.6) is 0 Å². The summed E-state index contributed by atoms with van der Waals surface area (Å²) >= 11 is 0. The third-order valence-corrected chi connectivity index (χ3v) is 5.19. The van der Waals surface area contributed by atoms with Crippen molar-refractivity contribution in [3.8, 4) is 0 Å². The first-order valence-electron chi connectivity index (χ1n) is 7.98. The molecule has 3 aliphatic rings. The lowest BCUT2D eigenvalue weighted by molar-refractivity contribution is -0.135. The number of piperidine rings is 1. The molecule has 0 unspecified atom stereocenters. The maximum Gasteiger partial charge on any atom is 0.418 e. The first kappa shape index (κ1) is 18.3. The molecule has 2 bridgehead atoms. The molecule has 0 aromatic carbocycles. The number of rotatable bonds is 4. The standard InChI is InChI=1S/C13H22N4O7S/c1-13(2)7-9(11(18)14-15-3-5-23-6-4-15)16-8-10(13)17(12(16)19)24-25(20,21)22/h9-10H,3-8H2,1-2H3,(H,14,18)(H,20,21,22)/t9-,10-/m0/s1. The molecule has 3 heterocycles. The van der Waals surface area contributed by atoms with Crippen LogP contribution in [0.2, 0.25) is 0 Å². The summed E-state index contributed by atoms with van der Waals surface area (Å²) in [5.74, 6) is -0.338. The molecule has 3 rings (SSSR count). The highest BCUT2D eigenvalue weighted by Gasteiger charge is 2.57. The van der Waals surface area contributed by atoms with Crippen LogP contribution in [0.25, 0.3) is 0 Å². The Morgan fingerprint density at radius 3 is 2.60 bits per heavy atom. The van der Waals surface area contributed by atoms with E-state index in [4.69, 9.17) is 9.29 Å². The number of urea groups is 1. The van der Waals surface area contributed by atoms with Gasteiger partial charge in [0.05, 0.1) is 19.3 Å². The average molecular weight is 378 g/mol. The van der Waals surface area contributed by atoms with Crippen LogP contribution < -0.4 is 5.43 Å². The number of hydroxylamine groups is 2. The van der Waals surface area contributed by atoms with E-state index in [1.165, 1.54) is 4.90 Å². The van der Waals surface area contributed by atoms with Crippen molar-refractivity contribution in [3.05, 3.63) is 0 Å². The number of nitrogens with zero attached hydrogens (tertiary/aromatic N) is 3. The van der Waals surface area contributed by atoms with Gasteiger partial charge in [0.2, 0.25) is 0 Å². The van der Waals surface area contributed by atoms with E-state index in [9.17, 15) is 18.0 Å². The Morgan fingerprint density at radius 2 is 2.00 bits per heavy atom. The molecule has 0 aromatic rings. The minimum Gasteiger partial charge on any atom is -0.379 e. The fraction of sp³-hybridized carbons (Fsp3) is 0.846. The van der Waals surface area contributed by atoms with Crippen molar-refractivity contribution in [2.45, 2.75) is 32.4 Å². The zero-order chi connectivity index (χ0) is 18.4. The van der Waals surface area contributed by atoms with Gasteiger partial charge in [0, 0.05) is 19.6 Å². The van der Waals surface area contributed by atoms with E-state index >= 15 is 0 Å². The number of morpholine rings is 1. The number of carbonyl (C=O) groups excluding carboxylic acids is 2. The molecule has 0 radical (unpaired) electrons. The summed E-state index contributed by atoms with van der Waals surface area (Å²) in [6.07, 6.45) is 0.338. The molecule has 25 heavy (non-hydrogen) atoms. The summed E-state index contributed by atoms with van der Waals surface area (Å²) < 4.78 is 40.7. The molecule has 11 nitrogen and oxygen atoms in total. The topological polar surface area (TPSA) is 129 Å². The van der Waals surface area contributed by atoms with E-state index in [-0.39, 0.29) is 12.5 Å². The molecule has 3 amide bonds. The molecule has 12 heteroatoms. The molecule has 3 fully saturated rings. The normalized spacial score (nSPS) is 29.8. The Hall–Kier alpha value is -1.47. The summed E-state index contributed by atoms with van der Waals surface area (Å²) in [6.45, 7) is 5.91. The van der Waals surface area contributed by atoms with Crippen LogP contribution >= 0.6 is 0 Å². The van der Waals surface area contributed by atoms with Gasteiger partial charge in [0.15, 0.2) is 0 Å². The second kappa shape index (κ2) is 6.36. The van der Waals surface area contributed by atoms with Crippen LogP contribution in [0.3, 0.4) is 0 Å². The molecule has 3 saturated heterocycles. The lowest BCUT2D eigenvalue weighted by Crippen LogP contribution is -2.58. The van der Waals surface area contributed by atoms with Gasteiger partial charge in [-0.2, -0.15) is 13.5 Å². The first-order chi connectivity index (χ1) is 11.6. The molecule has 0 spiro atoms. The number of carbonyl (C=O) groups is 2. The Morgan fingerprint density at radius 1 is 1.36 bits per heavy atom. The van der Waals surface area contributed by atoms with E-state index in [1.54, 1.807) is 5.01 Å². The SMILES string of the molecule is CC1(C)C[C@@H](C(=O)NN2CCOCC2)N2C[C@@H]1N(OS(=O)(=O)O)C2=O. The Kier molecular flexibility index (Phi) is 4.66. The highest BCUT2D eigenvalue weighted by Crippen LogP contribution is 2.42. The van der Waals surface area contributed by atoms with E-state index in [0.29, 0.717) is 37.8 Å². The van der Waals surface area contributed by atoms with Crippen molar-refractivity contribution in [3.63, 3.8) is 0 Å². The lowest BCUT2D eigenvalue weighted by Gasteiger charge is -2.41. The van der Waals surface area contributed by atoms with Crippen molar-refractivity contribution in [1.82, 2.24) is 20.4 Å². The third-order valence-electron chi connectivity index (χ3n) is 4.84. The van der Waals surface area contributed by atoms with Gasteiger partial charge >= 0.3 is 16.4 Å². The predicted molar refractivity (Wildman–Crippen MR) is 83.1 cm³/mol. The second-order valence-electron chi connectivity index (χ2n) is 7.06. The number of hydrogen-bond donors (Lipinski definition) is 2. The Bertz CT molecular complexity index is 661. The lowest BCUT2D eigenvalue weighted by atomic mass is 9.76. The van der Waals surface area contributed by atoms with Gasteiger partial charge in [-0.3, -0.25) is 14.8 Å². The molecule has 142 valence electrons. The highest BCUT2D eigenvalue weighted by atomic mass is 32.3. The second-order valence-corrected chi connectivity index (χ2v) is 8.07. The highest BCUT2D eigenvalue weighted by molar-refractivity contribution is 7.80. The summed E-state index contributed by atoms with van der Waals surface area (Å²) in [5.41, 5.74) is 2.20. The predicted octanol–water partition coefficient (Wildman–Crippen LogP) is -1.01. The zero-order valence-electron chi connectivity index (χ0n) is 14.0. The molecular weight excluding hydrogens is 356 g/mol. The number of amides is 3. The number of hydrazine groups is 1. The van der Waals surface area contributed by atoms with Crippen LogP contribution in [0.1, 0.15) is 20.3 Å². The van der Waals surface area contributed by atoms with Crippen molar-refractivity contribution < 1.29 is 31.6 Å². The van der Waals surface area contributed by atoms with E-state index in [2.05, 4.69) is 9.71 Å². The molecule has 0 saturated carbocycles. The quantitative estimate of drug-likeness (QED) is 0.596. The molecule has 0 aromatic heterocycles. The van der Waals surface area contributed by atoms with Gasteiger partial charge in [-0.05, 0) is 11.8 Å². The van der Waals surface area contributed by atoms with Gasteiger partial charge in [0.1, 0.15) is 6.04 Å². The van der Waals surface area contributed by atoms with Crippen molar-refractivity contribution in [2.24, 2.45) is 5.41 Å². The minimum absolute atomic E-state index is 0.141. The Labute approximate surface area is 145 Å². The fourth-order valence-corrected chi connectivity index (χ4v) is 3.86. The van der Waals surface area contributed by atoms with Crippen molar-refractivity contribution in [2.75, 3.05) is 32.8 Å². The number of hydrogen-bond acceptors (Lipinski definition) is 7. The molecule has 0 aliphatic carbocycles. The van der Waals surface area contributed by atoms with Crippen LogP contribution in [0.15, 0.2) is 0 Å². The average Bonchev–Trinajstić information content (AvgIpc) is 2.79. The van der Waals surface area contributed by atoms with Crippen LogP contribution in [0.4, 0.5) is 4.79 Å². The van der Waals surface area contributed by atoms with Crippen molar-refractivity contribution in [1.29, 1.82) is 0 Å². The molecule has 3 aliphatic heterocycles. The number of fused-ring (bicyclic) bond motifs is 2. The van der Waals surface area contributed by atoms with E-state index in [0.717, 1.165) is 0 Å². The third kappa shape index (κ3) is 3.72. The molecule has 2 N–H and O–H groups in total. The summed E-state index contributed by atoms with van der Waals surface area (Å²) in [7, 11) is -4.83. The summed E-state index contributed by atoms with van der Waals surface area (Å²) in [4.78, 5) is 26.4. The largest absolute Gasteiger partial charge is 0.418 e. The maximum absolute atomic E-state index is 12.7. The van der Waals surface area contributed by atoms with Crippen LogP contribution in [-0.4, -0.2) is 84.8 Å². The van der Waals surface area contributed by atoms with Crippen LogP contribution in [0, 0.1) is 5.41 Å². The zero-order valence-corrected chi connectivity index (χ0v) is 14.9. The van der Waals surface area contributed by atoms with Gasteiger partial charge < -0.3 is 9.64 Å². The molecular formula is C13H22N4O7S. The number of nitrogens with one attached hydrogen (secondary N) is 1. The molecule has 2 atom stereocenters. The first-order valence-corrected chi connectivity index (χ1v) is 9.35. The Balaban J connectivity index is 1.77. The van der Waals surface area contributed by atoms with Gasteiger partial charge in [-0.15, -0.1) is 4.28 Å². The van der Waals surface area contributed by atoms with Gasteiger partial charge in [-0.1, -0.05) is 13.8 Å². The van der Waals surface area contributed by atoms with Crippen molar-refractivity contribution >= 4 is 22.3 Å². The van der Waals surface area contributed by atoms with E-state index < -0.39 is 33.9 Å². The van der Waals surface area contributed by atoms with Gasteiger partial charge in [0.25, 0.3) is 5.91 Å². The minimum atomic E-state index is -4.83. The maximum atomic E-state index is 12.7. The number of ether oxygens (including phenoxy) is 1. The fourth-order valence-electron chi connectivity index (χ4n) is 3.49. The smallest absolute Gasteiger partial charge is 0.379 e. The monoisotopic (exact) mass is 378 g/mol. The van der Waals surface area contributed by atoms with Crippen LogP contribution in [-0.2, 0) is 24.2 Å². The van der Waals surface area contributed by atoms with E-state index in [1.807, 2.05) is 13.8 Å². The summed E-state index contributed by atoms with van der Waals surface area (Å²) in [5, 5.41) is 2.38.